The number of aryl methyl sites for hydroxylation is 1. The van der Waals surface area contributed by atoms with E-state index in [0.717, 1.165) is 27.8 Å². The van der Waals surface area contributed by atoms with Crippen LogP contribution in [0.2, 0.25) is 0 Å². The first kappa shape index (κ1) is 12.5. The Balaban J connectivity index is 2.27. The fraction of sp³-hybridized carbons (Fsp3) is 0.214. The normalized spacial score (nSPS) is 10.5. The highest BCUT2D eigenvalue weighted by Crippen LogP contribution is 2.23. The molecule has 1 aromatic heterocycles. The summed E-state index contributed by atoms with van der Waals surface area (Å²) in [5.41, 5.74) is 2.01. The van der Waals surface area contributed by atoms with E-state index < -0.39 is 0 Å². The number of ketones is 1. The van der Waals surface area contributed by atoms with Crippen molar-refractivity contribution in [3.8, 4) is 0 Å². The van der Waals surface area contributed by atoms with Crippen LogP contribution in [0.25, 0.3) is 0 Å². The van der Waals surface area contributed by atoms with Crippen LogP contribution in [0.3, 0.4) is 0 Å². The predicted octanol–water partition coefficient (Wildman–Crippen LogP) is 4.69. The number of carbonyl (C=O) groups is 1. The highest BCUT2D eigenvalue weighted by atomic mass is 79.9. The van der Waals surface area contributed by atoms with Crippen LogP contribution >= 0.6 is 27.3 Å². The van der Waals surface area contributed by atoms with Crippen LogP contribution in [0.1, 0.15) is 34.1 Å². The molecule has 17 heavy (non-hydrogen) atoms. The molecule has 0 N–H and O–H groups in total. The highest BCUT2D eigenvalue weighted by molar-refractivity contribution is 9.10. The van der Waals surface area contributed by atoms with Crippen molar-refractivity contribution in [1.82, 2.24) is 0 Å². The zero-order chi connectivity index (χ0) is 12.3. The molecule has 0 radical (unpaired) electrons. The zero-order valence-corrected chi connectivity index (χ0v) is 12.0. The lowest BCUT2D eigenvalue weighted by atomic mass is 10.0. The van der Waals surface area contributed by atoms with Crippen LogP contribution in [-0.2, 0) is 6.42 Å². The first-order chi connectivity index (χ1) is 8.20. The summed E-state index contributed by atoms with van der Waals surface area (Å²) in [6.07, 6.45) is 2.12. The minimum Gasteiger partial charge on any atom is -0.288 e. The van der Waals surface area contributed by atoms with E-state index in [1.54, 1.807) is 0 Å². The van der Waals surface area contributed by atoms with Crippen LogP contribution in [0.4, 0.5) is 0 Å². The van der Waals surface area contributed by atoms with E-state index in [0.29, 0.717) is 0 Å². The average molecular weight is 309 g/mol. The molecule has 0 aliphatic heterocycles. The van der Waals surface area contributed by atoms with Crippen LogP contribution in [0, 0.1) is 0 Å². The standard InChI is InChI=1S/C14H13BrOS/c1-2-4-10-5-3-6-11(7-10)14(16)13-8-12(15)9-17-13/h3,5-9H,2,4H2,1H3. The summed E-state index contributed by atoms with van der Waals surface area (Å²) in [4.78, 5) is 13.0. The van der Waals surface area contributed by atoms with E-state index in [9.17, 15) is 4.79 Å². The van der Waals surface area contributed by atoms with Gasteiger partial charge in [0.25, 0.3) is 0 Å². The molecule has 0 aliphatic rings. The Labute approximate surface area is 114 Å². The maximum Gasteiger partial charge on any atom is 0.202 e. The van der Waals surface area contributed by atoms with Crippen molar-refractivity contribution in [2.45, 2.75) is 19.8 Å². The lowest BCUT2D eigenvalue weighted by Crippen LogP contribution is -1.99. The summed E-state index contributed by atoms with van der Waals surface area (Å²) in [6.45, 7) is 2.14. The molecule has 0 atom stereocenters. The van der Waals surface area contributed by atoms with Crippen molar-refractivity contribution < 1.29 is 4.79 Å². The molecule has 88 valence electrons. The molecule has 3 heteroatoms. The summed E-state index contributed by atoms with van der Waals surface area (Å²) in [6, 6.07) is 9.79. The summed E-state index contributed by atoms with van der Waals surface area (Å²) in [5, 5.41) is 1.93. The monoisotopic (exact) mass is 308 g/mol. The first-order valence-electron chi connectivity index (χ1n) is 5.58. The molecule has 0 unspecified atom stereocenters. The number of benzene rings is 1. The Morgan fingerprint density at radius 3 is 2.82 bits per heavy atom. The zero-order valence-electron chi connectivity index (χ0n) is 9.57. The number of hydrogen-bond donors (Lipinski definition) is 0. The molecule has 0 spiro atoms. The van der Waals surface area contributed by atoms with Crippen LogP contribution in [0.15, 0.2) is 40.2 Å². The summed E-state index contributed by atoms with van der Waals surface area (Å²) < 4.78 is 0.968. The van der Waals surface area contributed by atoms with E-state index in [4.69, 9.17) is 0 Å². The molecule has 0 bridgehead atoms. The van der Waals surface area contributed by atoms with Crippen molar-refractivity contribution in [3.63, 3.8) is 0 Å². The van der Waals surface area contributed by atoms with Gasteiger partial charge in [-0.25, -0.2) is 0 Å². The fourth-order valence-electron chi connectivity index (χ4n) is 1.73. The third-order valence-corrected chi connectivity index (χ3v) is 4.21. The number of thiophene rings is 1. The van der Waals surface area contributed by atoms with Crippen molar-refractivity contribution >= 4 is 33.0 Å². The van der Waals surface area contributed by atoms with Gasteiger partial charge in [-0.3, -0.25) is 4.79 Å². The molecule has 0 saturated heterocycles. The second kappa shape index (κ2) is 5.61. The summed E-state index contributed by atoms with van der Waals surface area (Å²) in [5.74, 6) is 0.110. The van der Waals surface area contributed by atoms with Crippen LogP contribution < -0.4 is 0 Å². The Morgan fingerprint density at radius 1 is 1.35 bits per heavy atom. The van der Waals surface area contributed by atoms with E-state index >= 15 is 0 Å². The van der Waals surface area contributed by atoms with Crippen molar-refractivity contribution in [2.24, 2.45) is 0 Å². The van der Waals surface area contributed by atoms with Crippen molar-refractivity contribution in [1.29, 1.82) is 0 Å². The molecule has 0 amide bonds. The molecule has 1 aromatic carbocycles. The largest absolute Gasteiger partial charge is 0.288 e. The van der Waals surface area contributed by atoms with Crippen molar-refractivity contribution in [3.05, 3.63) is 56.2 Å². The molecular weight excluding hydrogens is 296 g/mol. The third kappa shape index (κ3) is 3.05. The van der Waals surface area contributed by atoms with Gasteiger partial charge in [-0.1, -0.05) is 31.5 Å². The van der Waals surface area contributed by atoms with E-state index in [1.807, 2.05) is 29.6 Å². The van der Waals surface area contributed by atoms with Gasteiger partial charge in [0.15, 0.2) is 0 Å². The van der Waals surface area contributed by atoms with Crippen LogP contribution in [0.5, 0.6) is 0 Å². The van der Waals surface area contributed by atoms with Gasteiger partial charge in [-0.05, 0) is 40.0 Å². The SMILES string of the molecule is CCCc1cccc(C(=O)c2cc(Br)cs2)c1. The first-order valence-corrected chi connectivity index (χ1v) is 7.25. The van der Waals surface area contributed by atoms with Crippen LogP contribution in [-0.4, -0.2) is 5.78 Å². The van der Waals surface area contributed by atoms with Gasteiger partial charge in [-0.2, -0.15) is 0 Å². The maximum absolute atomic E-state index is 12.2. The Hall–Kier alpha value is -0.930. The minimum atomic E-state index is 0.110. The number of rotatable bonds is 4. The Morgan fingerprint density at radius 2 is 2.18 bits per heavy atom. The minimum absolute atomic E-state index is 0.110. The second-order valence-corrected chi connectivity index (χ2v) is 5.74. The van der Waals surface area contributed by atoms with E-state index in [-0.39, 0.29) is 5.78 Å². The van der Waals surface area contributed by atoms with Gasteiger partial charge in [0, 0.05) is 15.4 Å². The lowest BCUT2D eigenvalue weighted by Gasteiger charge is -2.02. The molecular formula is C14H13BrOS. The third-order valence-electron chi connectivity index (χ3n) is 2.52. The highest BCUT2D eigenvalue weighted by Gasteiger charge is 2.11. The summed E-state index contributed by atoms with van der Waals surface area (Å²) in [7, 11) is 0. The number of carbonyl (C=O) groups excluding carboxylic acids is 1. The predicted molar refractivity (Wildman–Crippen MR) is 75.9 cm³/mol. The van der Waals surface area contributed by atoms with Gasteiger partial charge in [0.1, 0.15) is 0 Å². The van der Waals surface area contributed by atoms with Crippen molar-refractivity contribution in [2.75, 3.05) is 0 Å². The van der Waals surface area contributed by atoms with Gasteiger partial charge < -0.3 is 0 Å². The molecule has 0 saturated carbocycles. The topological polar surface area (TPSA) is 17.1 Å². The maximum atomic E-state index is 12.2. The molecule has 0 aliphatic carbocycles. The molecule has 1 nitrogen and oxygen atoms in total. The van der Waals surface area contributed by atoms with E-state index in [2.05, 4.69) is 28.9 Å². The molecule has 2 rings (SSSR count). The molecule has 1 heterocycles. The second-order valence-electron chi connectivity index (χ2n) is 3.91. The fourth-order valence-corrected chi connectivity index (χ4v) is 3.12. The number of hydrogen-bond acceptors (Lipinski definition) is 2. The van der Waals surface area contributed by atoms with Gasteiger partial charge in [-0.15, -0.1) is 11.3 Å². The smallest absolute Gasteiger partial charge is 0.202 e. The lowest BCUT2D eigenvalue weighted by molar-refractivity contribution is 0.104. The average Bonchev–Trinajstić information content (AvgIpc) is 2.76. The Kier molecular flexibility index (Phi) is 4.13. The van der Waals surface area contributed by atoms with Gasteiger partial charge in [0.05, 0.1) is 4.88 Å². The summed E-state index contributed by atoms with van der Waals surface area (Å²) >= 11 is 4.85. The number of halogens is 1. The Bertz CT molecular complexity index is 531. The van der Waals surface area contributed by atoms with Gasteiger partial charge in [0.2, 0.25) is 5.78 Å². The molecule has 2 aromatic rings. The van der Waals surface area contributed by atoms with Gasteiger partial charge >= 0.3 is 0 Å². The molecule has 0 fully saturated rings. The quantitative estimate of drug-likeness (QED) is 0.749. The van der Waals surface area contributed by atoms with E-state index in [1.165, 1.54) is 16.9 Å².